The maximum Gasteiger partial charge on any atom is 0.335 e. The minimum Gasteiger partial charge on any atom is -0.478 e. The van der Waals surface area contributed by atoms with Crippen LogP contribution in [0.3, 0.4) is 0 Å². The molecule has 5 aromatic rings. The maximum atomic E-state index is 14.2. The molecule has 0 unspecified atom stereocenters. The zero-order valence-electron chi connectivity index (χ0n) is 22.7. The molecular weight excluding hydrogens is 543 g/mol. The Hall–Kier alpha value is -5.06. The van der Waals surface area contributed by atoms with E-state index < -0.39 is 11.8 Å². The predicted octanol–water partition coefficient (Wildman–Crippen LogP) is 4.15. The molecule has 216 valence electrons. The maximum absolute atomic E-state index is 14.2. The number of imidazole rings is 1. The third-order valence-electron chi connectivity index (χ3n) is 7.36. The minimum absolute atomic E-state index is 0. The van der Waals surface area contributed by atoms with Gasteiger partial charge in [-0.25, -0.2) is 19.2 Å². The van der Waals surface area contributed by atoms with Gasteiger partial charge < -0.3 is 25.1 Å². The van der Waals surface area contributed by atoms with E-state index in [2.05, 4.69) is 15.0 Å². The first kappa shape index (κ1) is 28.5. The molecule has 4 N–H and O–H groups in total. The molecule has 0 aliphatic carbocycles. The number of halogens is 1. The van der Waals surface area contributed by atoms with Gasteiger partial charge in [-0.2, -0.15) is 5.26 Å². The van der Waals surface area contributed by atoms with E-state index >= 15 is 0 Å². The van der Waals surface area contributed by atoms with Gasteiger partial charge in [0, 0.05) is 11.5 Å². The van der Waals surface area contributed by atoms with Gasteiger partial charge in [-0.05, 0) is 62.3 Å². The SMILES string of the molecule is N.N#Cc1ccc(COn2ccc(C3CCN(Cc4nc5ccc(C(=O)O)cc5n4Cc4cnco4)CC3)n2)c(F)c1. The Balaban J connectivity index is 0.00000353. The van der Waals surface area contributed by atoms with E-state index in [0.717, 1.165) is 48.5 Å². The Morgan fingerprint density at radius 2 is 2.00 bits per heavy atom. The molecule has 1 aliphatic heterocycles. The molecule has 1 fully saturated rings. The van der Waals surface area contributed by atoms with Crippen molar-refractivity contribution in [2.45, 2.75) is 38.5 Å². The number of fused-ring (bicyclic) bond motifs is 1. The third kappa shape index (κ3) is 5.99. The Kier molecular flexibility index (Phi) is 8.28. The summed E-state index contributed by atoms with van der Waals surface area (Å²) in [6.45, 7) is 2.67. The lowest BCUT2D eigenvalue weighted by Gasteiger charge is -2.31. The summed E-state index contributed by atoms with van der Waals surface area (Å²) in [6, 6.07) is 13.1. The molecule has 0 atom stereocenters. The lowest BCUT2D eigenvalue weighted by Crippen LogP contribution is -2.33. The fourth-order valence-electron chi connectivity index (χ4n) is 5.15. The highest BCUT2D eigenvalue weighted by Crippen LogP contribution is 2.28. The first-order chi connectivity index (χ1) is 20.0. The molecule has 0 radical (unpaired) electrons. The van der Waals surface area contributed by atoms with Gasteiger partial charge in [-0.1, -0.05) is 6.07 Å². The average molecular weight is 573 g/mol. The largest absolute Gasteiger partial charge is 0.478 e. The summed E-state index contributed by atoms with van der Waals surface area (Å²) < 4.78 is 21.6. The number of carbonyl (C=O) groups is 1. The number of aromatic nitrogens is 5. The zero-order chi connectivity index (χ0) is 28.3. The molecule has 0 amide bonds. The van der Waals surface area contributed by atoms with Gasteiger partial charge in [0.15, 0.2) is 6.39 Å². The summed E-state index contributed by atoms with van der Waals surface area (Å²) in [5, 5.41) is 22.9. The number of hydrogen-bond donors (Lipinski definition) is 2. The van der Waals surface area contributed by atoms with Crippen LogP contribution in [-0.4, -0.2) is 53.5 Å². The standard InChI is InChI=1S/C29H26FN7O4.H3N/c30-24-11-19(13-31)1-2-22(24)17-41-37-10-7-25(34-37)20-5-8-35(9-6-20)16-28-33-26-4-3-21(29(38)39)12-27(26)36(28)15-23-14-32-18-40-23;/h1-4,7,10-12,14,18,20H,5-6,8-9,15-17H2,(H,38,39);1H3. The van der Waals surface area contributed by atoms with Crippen molar-refractivity contribution in [1.82, 2.24) is 35.5 Å². The summed E-state index contributed by atoms with van der Waals surface area (Å²) in [4.78, 5) is 29.7. The van der Waals surface area contributed by atoms with Crippen LogP contribution in [0.5, 0.6) is 0 Å². The number of benzene rings is 2. The minimum atomic E-state index is -0.989. The topological polar surface area (TPSA) is 170 Å². The molecule has 0 bridgehead atoms. The van der Waals surface area contributed by atoms with Gasteiger partial charge in [0.1, 0.15) is 24.0 Å². The number of nitrogens with zero attached hydrogens (tertiary/aromatic N) is 7. The number of carboxylic acids is 1. The van der Waals surface area contributed by atoms with Crippen molar-refractivity contribution in [3.63, 3.8) is 0 Å². The lowest BCUT2D eigenvalue weighted by atomic mass is 9.94. The van der Waals surface area contributed by atoms with Gasteiger partial charge in [0.2, 0.25) is 0 Å². The van der Waals surface area contributed by atoms with Gasteiger partial charge in [0.25, 0.3) is 0 Å². The van der Waals surface area contributed by atoms with Crippen LogP contribution >= 0.6 is 0 Å². The zero-order valence-corrected chi connectivity index (χ0v) is 22.7. The Morgan fingerprint density at radius 3 is 2.71 bits per heavy atom. The Labute approximate surface area is 240 Å². The highest BCUT2D eigenvalue weighted by molar-refractivity contribution is 5.92. The second-order valence-corrected chi connectivity index (χ2v) is 9.98. The van der Waals surface area contributed by atoms with E-state index in [0.29, 0.717) is 24.4 Å². The number of likely N-dealkylation sites (tertiary alicyclic amines) is 1. The number of rotatable bonds is 9. The average Bonchev–Trinajstić information content (AvgIpc) is 3.74. The van der Waals surface area contributed by atoms with Crippen LogP contribution < -0.4 is 11.0 Å². The Morgan fingerprint density at radius 1 is 1.17 bits per heavy atom. The number of hydrogen-bond acceptors (Lipinski definition) is 9. The van der Waals surface area contributed by atoms with E-state index in [1.165, 1.54) is 17.3 Å². The lowest BCUT2D eigenvalue weighted by molar-refractivity contribution is 0.0666. The smallest absolute Gasteiger partial charge is 0.335 e. The number of nitriles is 1. The van der Waals surface area contributed by atoms with E-state index in [-0.39, 0.29) is 29.8 Å². The molecule has 4 heterocycles. The van der Waals surface area contributed by atoms with Gasteiger partial charge in [0.05, 0.1) is 59.4 Å². The molecule has 12 nitrogen and oxygen atoms in total. The van der Waals surface area contributed by atoms with Gasteiger partial charge in [-0.3, -0.25) is 4.90 Å². The van der Waals surface area contributed by atoms with Crippen molar-refractivity contribution in [3.8, 4) is 6.07 Å². The molecule has 2 aromatic carbocycles. The van der Waals surface area contributed by atoms with Crippen molar-refractivity contribution < 1.29 is 23.5 Å². The van der Waals surface area contributed by atoms with Crippen molar-refractivity contribution in [1.29, 1.82) is 5.26 Å². The summed E-state index contributed by atoms with van der Waals surface area (Å²) in [7, 11) is 0. The molecule has 0 spiro atoms. The first-order valence-electron chi connectivity index (χ1n) is 13.2. The quantitative estimate of drug-likeness (QED) is 0.261. The van der Waals surface area contributed by atoms with Crippen molar-refractivity contribution in [3.05, 3.63) is 101 Å². The van der Waals surface area contributed by atoms with E-state index in [1.807, 2.05) is 16.7 Å². The van der Waals surface area contributed by atoms with E-state index in [4.69, 9.17) is 19.5 Å². The number of carboxylic acid groups (broad SMARTS) is 1. The molecular formula is C29H29FN8O4. The van der Waals surface area contributed by atoms with Crippen LogP contribution in [-0.2, 0) is 19.7 Å². The monoisotopic (exact) mass is 572 g/mol. The van der Waals surface area contributed by atoms with Crippen LogP contribution in [0.1, 0.15) is 57.5 Å². The van der Waals surface area contributed by atoms with E-state index in [9.17, 15) is 14.3 Å². The van der Waals surface area contributed by atoms with Crippen LogP contribution in [0.25, 0.3) is 11.0 Å². The molecule has 13 heteroatoms. The summed E-state index contributed by atoms with van der Waals surface area (Å²) >= 11 is 0. The normalized spacial score (nSPS) is 14.0. The third-order valence-corrected chi connectivity index (χ3v) is 7.36. The van der Waals surface area contributed by atoms with Crippen LogP contribution in [0.2, 0.25) is 0 Å². The second-order valence-electron chi connectivity index (χ2n) is 9.98. The number of piperidine rings is 1. The first-order valence-corrected chi connectivity index (χ1v) is 13.2. The molecule has 3 aromatic heterocycles. The molecule has 0 saturated carbocycles. The molecule has 42 heavy (non-hydrogen) atoms. The van der Waals surface area contributed by atoms with Crippen molar-refractivity contribution >= 4 is 17.0 Å². The van der Waals surface area contributed by atoms with Gasteiger partial charge in [-0.15, -0.1) is 9.94 Å². The number of aromatic carboxylic acids is 1. The fourth-order valence-corrected chi connectivity index (χ4v) is 5.15. The summed E-state index contributed by atoms with van der Waals surface area (Å²) in [6.07, 6.45) is 6.53. The predicted molar refractivity (Wildman–Crippen MR) is 148 cm³/mol. The van der Waals surface area contributed by atoms with Crippen molar-refractivity contribution in [2.24, 2.45) is 0 Å². The van der Waals surface area contributed by atoms with E-state index in [1.54, 1.807) is 42.7 Å². The number of oxazole rings is 1. The Bertz CT molecular complexity index is 1730. The second kappa shape index (κ2) is 12.2. The van der Waals surface area contributed by atoms with Crippen LogP contribution in [0.15, 0.2) is 65.7 Å². The summed E-state index contributed by atoms with van der Waals surface area (Å²) in [5.41, 5.74) is 3.20. The molecule has 1 aliphatic rings. The highest BCUT2D eigenvalue weighted by atomic mass is 19.1. The molecule has 1 saturated heterocycles. The molecule has 6 rings (SSSR count). The highest BCUT2D eigenvalue weighted by Gasteiger charge is 2.25. The summed E-state index contributed by atoms with van der Waals surface area (Å²) in [5.74, 6) is 0.265. The van der Waals surface area contributed by atoms with Crippen LogP contribution in [0, 0.1) is 17.1 Å². The van der Waals surface area contributed by atoms with Crippen LogP contribution in [0.4, 0.5) is 4.39 Å². The fraction of sp³-hybridized carbons (Fsp3) is 0.276. The van der Waals surface area contributed by atoms with Crippen molar-refractivity contribution in [2.75, 3.05) is 13.1 Å². The van der Waals surface area contributed by atoms with Gasteiger partial charge >= 0.3 is 5.97 Å².